The molecule has 0 radical (unpaired) electrons. The quantitative estimate of drug-likeness (QED) is 0.192. The first-order valence-corrected chi connectivity index (χ1v) is 34.6. The van der Waals surface area contributed by atoms with Crippen LogP contribution in [0.2, 0.25) is 0 Å². The van der Waals surface area contributed by atoms with E-state index in [1.807, 2.05) is 0 Å². The third kappa shape index (κ3) is 12.3. The molecule has 0 bridgehead atoms. The summed E-state index contributed by atoms with van der Waals surface area (Å²) in [6.07, 6.45) is 67.9. The molecule has 12 saturated carbocycles. The third-order valence-corrected chi connectivity index (χ3v) is 25.8. The molecular formula is C67H117N5O. The van der Waals surface area contributed by atoms with Gasteiger partial charge in [-0.05, 0) is 241 Å². The van der Waals surface area contributed by atoms with Crippen molar-refractivity contribution in [2.24, 2.45) is 41.2 Å². The van der Waals surface area contributed by atoms with Crippen LogP contribution in [0.1, 0.15) is 302 Å². The molecule has 10 atom stereocenters. The van der Waals surface area contributed by atoms with Crippen LogP contribution < -0.4 is 5.73 Å². The summed E-state index contributed by atoms with van der Waals surface area (Å²) in [5, 5.41) is 11.2. The highest BCUT2D eigenvalue weighted by Crippen LogP contribution is 2.51. The van der Waals surface area contributed by atoms with E-state index >= 15 is 0 Å². The van der Waals surface area contributed by atoms with Gasteiger partial charge in [-0.2, -0.15) is 0 Å². The van der Waals surface area contributed by atoms with E-state index < -0.39 is 0 Å². The molecule has 0 spiro atoms. The summed E-state index contributed by atoms with van der Waals surface area (Å²) >= 11 is 0. The normalized spacial score (nSPS) is 45.1. The van der Waals surface area contributed by atoms with E-state index in [2.05, 4.69) is 19.6 Å². The maximum atomic E-state index is 11.2. The van der Waals surface area contributed by atoms with Crippen molar-refractivity contribution in [1.82, 2.24) is 19.6 Å². The Bertz CT molecular complexity index is 1630. The topological polar surface area (TPSA) is 59.2 Å². The molecule has 73 heavy (non-hydrogen) atoms. The first-order valence-electron chi connectivity index (χ1n) is 34.6. The molecule has 0 aromatic heterocycles. The molecule has 3 N–H and O–H groups in total. The predicted molar refractivity (Wildman–Crippen MR) is 305 cm³/mol. The fourth-order valence-electron chi connectivity index (χ4n) is 22.5. The minimum Gasteiger partial charge on any atom is -0.393 e. The first-order chi connectivity index (χ1) is 36.0. The summed E-state index contributed by atoms with van der Waals surface area (Å²) < 4.78 is 0. The van der Waals surface area contributed by atoms with Crippen molar-refractivity contribution in [3.05, 3.63) is 0 Å². The lowest BCUT2D eigenvalue weighted by Gasteiger charge is -2.55. The molecule has 0 aromatic rings. The monoisotopic (exact) mass is 1010 g/mol. The van der Waals surface area contributed by atoms with Gasteiger partial charge in [0, 0.05) is 78.5 Å². The smallest absolute Gasteiger partial charge is 0.0555 e. The first kappa shape index (κ1) is 53.4. The van der Waals surface area contributed by atoms with Crippen molar-refractivity contribution in [3.63, 3.8) is 0 Å². The van der Waals surface area contributed by atoms with E-state index in [9.17, 15) is 5.11 Å². The molecule has 0 saturated heterocycles. The van der Waals surface area contributed by atoms with Crippen LogP contribution in [0.5, 0.6) is 0 Å². The molecule has 0 heterocycles. The number of aliphatic hydroxyl groups is 1. The molecule has 12 aliphatic rings. The third-order valence-electron chi connectivity index (χ3n) is 25.8. The summed E-state index contributed by atoms with van der Waals surface area (Å²) in [5.74, 6) is 6.01. The van der Waals surface area contributed by atoms with E-state index in [0.29, 0.717) is 12.1 Å². The van der Waals surface area contributed by atoms with Crippen molar-refractivity contribution >= 4 is 0 Å². The SMILES string of the molecule is NC1CCCC(N(C2CCC(C3CCC(N(C4CCC(N(C5CCCCC5)C5CCC6CCCCC65)CC4)C4CCCC(O)C4)CC3)CC2)C2CCC(N(C3CCCCC3)C3CCCC4CCCCC43)CC2)C1. The van der Waals surface area contributed by atoms with Crippen LogP contribution in [0.15, 0.2) is 0 Å². The Kier molecular flexibility index (Phi) is 18.6. The number of hydrogen-bond donors (Lipinski definition) is 2. The second kappa shape index (κ2) is 25.5. The number of rotatable bonds is 13. The lowest BCUT2D eigenvalue weighted by atomic mass is 9.67. The Morgan fingerprint density at radius 1 is 0.233 bits per heavy atom. The Labute approximate surface area is 450 Å². The summed E-state index contributed by atoms with van der Waals surface area (Å²) in [4.78, 5) is 13.1. The highest BCUT2D eigenvalue weighted by molar-refractivity contribution is 5.03. The van der Waals surface area contributed by atoms with Crippen LogP contribution in [0.4, 0.5) is 0 Å². The highest BCUT2D eigenvalue weighted by atomic mass is 16.3. The van der Waals surface area contributed by atoms with E-state index in [1.165, 1.54) is 270 Å². The second-order valence-electron chi connectivity index (χ2n) is 29.5. The average Bonchev–Trinajstić information content (AvgIpc) is 3.87. The van der Waals surface area contributed by atoms with Crippen molar-refractivity contribution < 1.29 is 5.11 Å². The van der Waals surface area contributed by atoms with Gasteiger partial charge in [0.05, 0.1) is 6.10 Å². The van der Waals surface area contributed by atoms with Gasteiger partial charge in [-0.1, -0.05) is 96.3 Å². The molecule has 416 valence electrons. The van der Waals surface area contributed by atoms with E-state index in [0.717, 1.165) is 115 Å². The molecule has 12 fully saturated rings. The van der Waals surface area contributed by atoms with Crippen LogP contribution in [0.3, 0.4) is 0 Å². The van der Waals surface area contributed by atoms with E-state index in [-0.39, 0.29) is 6.10 Å². The van der Waals surface area contributed by atoms with E-state index in [4.69, 9.17) is 5.73 Å². The van der Waals surface area contributed by atoms with Crippen LogP contribution >= 0.6 is 0 Å². The molecule has 12 aliphatic carbocycles. The Morgan fingerprint density at radius 3 is 1.04 bits per heavy atom. The van der Waals surface area contributed by atoms with Crippen molar-refractivity contribution in [1.29, 1.82) is 0 Å². The standard InChI is InChI=1S/C67H117N5O/c68-52-17-12-22-61(46-52)69(57-37-41-59(42-38-57)71(53-18-3-1-4-19-53)66-27-11-16-50-14-7-9-25-64(50)66)55-33-28-48(29-34-55)49-30-35-56(36-31-49)70(62-23-13-24-63(73)47-62)58-39-43-60(44-40-58)72(54-20-5-2-6-21-54)67-45-32-51-15-8-10-26-65(51)67/h48-67,73H,1-47,68H2. The molecule has 0 aromatic carbocycles. The second-order valence-corrected chi connectivity index (χ2v) is 29.5. The van der Waals surface area contributed by atoms with Gasteiger partial charge in [-0.3, -0.25) is 19.6 Å². The zero-order valence-electron chi connectivity index (χ0n) is 47.6. The minimum absolute atomic E-state index is 0.0715. The number of fused-ring (bicyclic) bond motifs is 2. The average molecular weight is 1010 g/mol. The fraction of sp³-hybridized carbons (Fsp3) is 1.00. The number of nitrogens with zero attached hydrogens (tertiary/aromatic N) is 4. The molecule has 0 aliphatic heterocycles. The summed E-state index contributed by atoms with van der Waals surface area (Å²) in [7, 11) is 0. The zero-order chi connectivity index (χ0) is 49.1. The van der Waals surface area contributed by atoms with Crippen LogP contribution in [-0.2, 0) is 0 Å². The number of nitrogens with two attached hydrogens (primary N) is 1. The van der Waals surface area contributed by atoms with Gasteiger partial charge in [0.2, 0.25) is 0 Å². The summed E-state index contributed by atoms with van der Waals surface area (Å²) in [5.41, 5.74) is 6.89. The van der Waals surface area contributed by atoms with Gasteiger partial charge >= 0.3 is 0 Å². The van der Waals surface area contributed by atoms with Crippen molar-refractivity contribution in [2.45, 2.75) is 386 Å². The Balaban J connectivity index is 0.673. The molecule has 6 heteroatoms. The Hall–Kier alpha value is -0.240. The van der Waals surface area contributed by atoms with Gasteiger partial charge in [-0.25, -0.2) is 0 Å². The number of aliphatic hydroxyl groups excluding tert-OH is 1. The van der Waals surface area contributed by atoms with Crippen molar-refractivity contribution in [3.8, 4) is 0 Å². The fourth-order valence-corrected chi connectivity index (χ4v) is 22.5. The molecule has 10 unspecified atom stereocenters. The predicted octanol–water partition coefficient (Wildman–Crippen LogP) is 15.5. The number of hydrogen-bond acceptors (Lipinski definition) is 6. The van der Waals surface area contributed by atoms with Crippen molar-refractivity contribution in [2.75, 3.05) is 0 Å². The maximum Gasteiger partial charge on any atom is 0.0555 e. The molecule has 12 rings (SSSR count). The van der Waals surface area contributed by atoms with Crippen LogP contribution in [-0.4, -0.2) is 109 Å². The summed E-state index contributed by atoms with van der Waals surface area (Å²) in [6.45, 7) is 0. The van der Waals surface area contributed by atoms with Gasteiger partial charge in [0.1, 0.15) is 0 Å². The molecular weight excluding hydrogens is 891 g/mol. The van der Waals surface area contributed by atoms with Crippen LogP contribution in [0.25, 0.3) is 0 Å². The van der Waals surface area contributed by atoms with E-state index in [1.54, 1.807) is 19.3 Å². The molecule has 6 nitrogen and oxygen atoms in total. The van der Waals surface area contributed by atoms with Gasteiger partial charge in [-0.15, -0.1) is 0 Å². The maximum absolute atomic E-state index is 11.2. The largest absolute Gasteiger partial charge is 0.393 e. The Morgan fingerprint density at radius 2 is 0.562 bits per heavy atom. The van der Waals surface area contributed by atoms with Gasteiger partial charge in [0.25, 0.3) is 0 Å². The lowest BCUT2D eigenvalue weighted by molar-refractivity contribution is -0.0507. The van der Waals surface area contributed by atoms with Gasteiger partial charge < -0.3 is 10.8 Å². The summed E-state index contributed by atoms with van der Waals surface area (Å²) in [6, 6.07) is 10.1. The lowest BCUT2D eigenvalue weighted by Crippen LogP contribution is -2.59. The zero-order valence-corrected chi connectivity index (χ0v) is 47.6. The highest BCUT2D eigenvalue weighted by Gasteiger charge is 2.49. The molecule has 0 amide bonds. The minimum atomic E-state index is -0.0715. The van der Waals surface area contributed by atoms with Crippen LogP contribution in [0, 0.1) is 35.5 Å². The van der Waals surface area contributed by atoms with Gasteiger partial charge in [0.15, 0.2) is 0 Å².